The van der Waals surface area contributed by atoms with E-state index in [2.05, 4.69) is 52.8 Å². The topological polar surface area (TPSA) is 99.7 Å². The number of rotatable bonds is 8. The van der Waals surface area contributed by atoms with Crippen LogP contribution >= 0.6 is 0 Å². The van der Waals surface area contributed by atoms with E-state index < -0.39 is 0 Å². The first-order chi connectivity index (χ1) is 20.0. The number of pyridine rings is 1. The van der Waals surface area contributed by atoms with Crippen LogP contribution in [0.1, 0.15) is 83.7 Å². The van der Waals surface area contributed by atoms with E-state index in [1.165, 1.54) is 19.3 Å². The number of nitriles is 1. The molecule has 3 heterocycles. The van der Waals surface area contributed by atoms with Gasteiger partial charge in [0.25, 0.3) is 5.91 Å². The molecular formula is C33H33N7O. The number of hydrogen-bond acceptors (Lipinski definition) is 6. The van der Waals surface area contributed by atoms with Gasteiger partial charge in [-0.3, -0.25) is 9.69 Å². The van der Waals surface area contributed by atoms with E-state index in [1.807, 2.05) is 40.8 Å². The molecule has 1 N–H and O–H groups in total. The molecule has 0 bridgehead atoms. The molecule has 2 aromatic heterocycles. The number of hydrogen-bond donors (Lipinski definition) is 1. The van der Waals surface area contributed by atoms with Gasteiger partial charge < -0.3 is 9.88 Å². The van der Waals surface area contributed by atoms with Crippen LogP contribution in [0.5, 0.6) is 0 Å². The van der Waals surface area contributed by atoms with Gasteiger partial charge in [0.05, 0.1) is 18.2 Å². The van der Waals surface area contributed by atoms with Gasteiger partial charge in [0.15, 0.2) is 5.82 Å². The Balaban J connectivity index is 1.23. The highest BCUT2D eigenvalue weighted by atomic mass is 16.2. The molecule has 0 unspecified atom stereocenters. The van der Waals surface area contributed by atoms with E-state index in [0.29, 0.717) is 29.7 Å². The molecule has 8 heteroatoms. The van der Waals surface area contributed by atoms with E-state index >= 15 is 0 Å². The quantitative estimate of drug-likeness (QED) is 0.297. The number of anilines is 1. The van der Waals surface area contributed by atoms with E-state index in [0.717, 1.165) is 64.4 Å². The maximum absolute atomic E-state index is 13.8. The van der Waals surface area contributed by atoms with Gasteiger partial charge in [-0.2, -0.15) is 5.26 Å². The molecule has 1 atom stereocenters. The summed E-state index contributed by atoms with van der Waals surface area (Å²) in [5.74, 6) is 2.53. The Bertz CT molecular complexity index is 1690. The second-order valence-electron chi connectivity index (χ2n) is 11.8. The summed E-state index contributed by atoms with van der Waals surface area (Å²) in [6.45, 7) is 3.71. The van der Waals surface area contributed by atoms with Crippen LogP contribution in [0.2, 0.25) is 0 Å². The van der Waals surface area contributed by atoms with Crippen LogP contribution in [0.15, 0.2) is 54.9 Å². The van der Waals surface area contributed by atoms with Crippen LogP contribution in [-0.2, 0) is 13.6 Å². The number of nitrogens with one attached hydrogen (secondary N) is 1. The van der Waals surface area contributed by atoms with Crippen molar-refractivity contribution in [1.82, 2.24) is 25.1 Å². The van der Waals surface area contributed by atoms with E-state index in [4.69, 9.17) is 4.98 Å². The predicted octanol–water partition coefficient (Wildman–Crippen LogP) is 5.90. The third kappa shape index (κ3) is 4.81. The lowest BCUT2D eigenvalue weighted by Gasteiger charge is -2.27. The largest absolute Gasteiger partial charge is 0.317 e. The van der Waals surface area contributed by atoms with Crippen molar-refractivity contribution in [3.8, 4) is 28.6 Å². The smallest absolute Gasteiger partial charge is 0.260 e. The zero-order valence-electron chi connectivity index (χ0n) is 23.5. The van der Waals surface area contributed by atoms with Crippen molar-refractivity contribution in [2.45, 2.75) is 57.5 Å². The Morgan fingerprint density at radius 1 is 1.05 bits per heavy atom. The molecule has 41 heavy (non-hydrogen) atoms. The number of carbonyl (C=O) groups excluding carboxylic acids is 1. The SMILES string of the molecule is C[C@@H](NCC1CCC1)c1ccc2c(c1)C(=O)N(c1cc(-c3ccc(C#N)cc3-c3nncn3C)cc(C3CC3)n1)C2. The molecule has 0 radical (unpaired) electrons. The Kier molecular flexibility index (Phi) is 6.40. The van der Waals surface area contributed by atoms with Crippen molar-refractivity contribution in [1.29, 1.82) is 5.26 Å². The molecule has 2 aliphatic carbocycles. The molecule has 2 aromatic carbocycles. The van der Waals surface area contributed by atoms with Gasteiger partial charge in [0.1, 0.15) is 12.1 Å². The van der Waals surface area contributed by atoms with Crippen molar-refractivity contribution in [2.24, 2.45) is 13.0 Å². The first kappa shape index (κ1) is 25.6. The van der Waals surface area contributed by atoms with Crippen molar-refractivity contribution >= 4 is 11.7 Å². The zero-order chi connectivity index (χ0) is 28.1. The molecule has 8 nitrogen and oxygen atoms in total. The lowest BCUT2D eigenvalue weighted by molar-refractivity contribution is 0.0996. The molecule has 1 aliphatic heterocycles. The third-order valence-corrected chi connectivity index (χ3v) is 8.89. The number of nitrogens with zero attached hydrogens (tertiary/aromatic N) is 6. The minimum atomic E-state index is -0.00667. The highest BCUT2D eigenvalue weighted by Gasteiger charge is 2.33. The van der Waals surface area contributed by atoms with E-state index in [9.17, 15) is 10.1 Å². The van der Waals surface area contributed by atoms with Crippen molar-refractivity contribution in [3.63, 3.8) is 0 Å². The molecule has 0 spiro atoms. The number of aryl methyl sites for hydroxylation is 1. The highest BCUT2D eigenvalue weighted by molar-refractivity contribution is 6.10. The van der Waals surface area contributed by atoms with Crippen LogP contribution in [0.25, 0.3) is 22.5 Å². The van der Waals surface area contributed by atoms with E-state index in [-0.39, 0.29) is 11.9 Å². The molecule has 2 saturated carbocycles. The number of aromatic nitrogens is 4. The molecule has 1 amide bonds. The highest BCUT2D eigenvalue weighted by Crippen LogP contribution is 2.43. The molecular weight excluding hydrogens is 510 g/mol. The Morgan fingerprint density at radius 3 is 2.61 bits per heavy atom. The van der Waals surface area contributed by atoms with Crippen LogP contribution in [0, 0.1) is 17.2 Å². The second-order valence-corrected chi connectivity index (χ2v) is 11.8. The van der Waals surface area contributed by atoms with Gasteiger partial charge in [-0.05, 0) is 97.7 Å². The Morgan fingerprint density at radius 2 is 1.90 bits per heavy atom. The summed E-state index contributed by atoms with van der Waals surface area (Å²) in [6, 6.07) is 18.5. The maximum atomic E-state index is 13.8. The molecule has 7 rings (SSSR count). The Hall–Kier alpha value is -4.35. The number of fused-ring (bicyclic) bond motifs is 1. The molecule has 4 aromatic rings. The normalized spacial score (nSPS) is 17.3. The monoisotopic (exact) mass is 543 g/mol. The Labute approximate surface area is 240 Å². The fraction of sp³-hybridized carbons (Fsp3) is 0.364. The zero-order valence-corrected chi connectivity index (χ0v) is 23.5. The number of carbonyl (C=O) groups is 1. The maximum Gasteiger partial charge on any atom is 0.260 e. The first-order valence-electron chi connectivity index (χ1n) is 14.6. The van der Waals surface area contributed by atoms with Gasteiger partial charge in [0.2, 0.25) is 0 Å². The lowest BCUT2D eigenvalue weighted by atomic mass is 9.85. The average molecular weight is 544 g/mol. The summed E-state index contributed by atoms with van der Waals surface area (Å²) in [5, 5.41) is 21.6. The average Bonchev–Trinajstić information content (AvgIpc) is 3.66. The summed E-state index contributed by atoms with van der Waals surface area (Å²) in [7, 11) is 1.89. The van der Waals surface area contributed by atoms with Gasteiger partial charge in [-0.25, -0.2) is 4.98 Å². The summed E-state index contributed by atoms with van der Waals surface area (Å²) >= 11 is 0. The van der Waals surface area contributed by atoms with Gasteiger partial charge in [-0.1, -0.05) is 24.6 Å². The summed E-state index contributed by atoms with van der Waals surface area (Å²) in [6.07, 6.45) is 7.83. The molecule has 0 saturated heterocycles. The summed E-state index contributed by atoms with van der Waals surface area (Å²) in [4.78, 5) is 20.6. The fourth-order valence-corrected chi connectivity index (χ4v) is 5.93. The van der Waals surface area contributed by atoms with Gasteiger partial charge >= 0.3 is 0 Å². The van der Waals surface area contributed by atoms with Crippen LogP contribution in [-0.4, -0.2) is 32.2 Å². The minimum Gasteiger partial charge on any atom is -0.317 e. The minimum absolute atomic E-state index is 0.00667. The summed E-state index contributed by atoms with van der Waals surface area (Å²) < 4.78 is 1.85. The standard InChI is InChI=1S/C33H33N7O/c1-20(35-17-21-4-3-5-21)24-9-10-25-18-40(33(41)28(25)13-24)31-15-26(14-30(37-31)23-7-8-23)27-11-6-22(16-34)12-29(27)32-38-36-19-39(32)2/h6,9-15,19-21,23,35H,3-5,7-8,17-18H2,1-2H3/t20-/m1/s1. The number of amides is 1. The first-order valence-corrected chi connectivity index (χ1v) is 14.6. The molecule has 2 fully saturated rings. The van der Waals surface area contributed by atoms with Crippen LogP contribution in [0.4, 0.5) is 5.82 Å². The predicted molar refractivity (Wildman–Crippen MR) is 157 cm³/mol. The van der Waals surface area contributed by atoms with Crippen molar-refractivity contribution in [3.05, 3.63) is 82.8 Å². The van der Waals surface area contributed by atoms with E-state index in [1.54, 1.807) is 6.33 Å². The van der Waals surface area contributed by atoms with Crippen molar-refractivity contribution < 1.29 is 4.79 Å². The lowest BCUT2D eigenvalue weighted by Crippen LogP contribution is -2.29. The molecule has 3 aliphatic rings. The van der Waals surface area contributed by atoms with Gasteiger partial charge in [-0.15, -0.1) is 10.2 Å². The fourth-order valence-electron chi connectivity index (χ4n) is 5.93. The van der Waals surface area contributed by atoms with Crippen LogP contribution in [0.3, 0.4) is 0 Å². The van der Waals surface area contributed by atoms with Crippen molar-refractivity contribution in [2.75, 3.05) is 11.4 Å². The van der Waals surface area contributed by atoms with Gasteiger partial charge in [0, 0.05) is 35.8 Å². The molecule has 206 valence electrons. The second kappa shape index (κ2) is 10.2. The number of benzene rings is 2. The summed E-state index contributed by atoms with van der Waals surface area (Å²) in [5.41, 5.74) is 7.21. The van der Waals surface area contributed by atoms with Crippen LogP contribution < -0.4 is 10.2 Å². The third-order valence-electron chi connectivity index (χ3n) is 8.89.